The number of hydrogen-bond donors (Lipinski definition) is 2. The lowest BCUT2D eigenvalue weighted by Crippen LogP contribution is -2.14. The number of carbonyl (C=O) groups excluding carboxylic acids is 2. The topological polar surface area (TPSA) is 106 Å². The first-order valence-electron chi connectivity index (χ1n) is 9.87. The first-order chi connectivity index (χ1) is 16.4. The van der Waals surface area contributed by atoms with Crippen LogP contribution < -0.4 is 15.4 Å². The van der Waals surface area contributed by atoms with E-state index in [4.69, 9.17) is 16.3 Å². The predicted molar refractivity (Wildman–Crippen MR) is 128 cm³/mol. The number of pyridine rings is 1. The summed E-state index contributed by atoms with van der Waals surface area (Å²) in [6.45, 7) is 1.73. The Balaban J connectivity index is 1.58. The van der Waals surface area contributed by atoms with Gasteiger partial charge in [0, 0.05) is 28.2 Å². The highest BCUT2D eigenvalue weighted by molar-refractivity contribution is 7.17. The highest BCUT2D eigenvalue weighted by Crippen LogP contribution is 2.35. The van der Waals surface area contributed by atoms with Crippen molar-refractivity contribution in [2.45, 2.75) is 6.92 Å². The minimum absolute atomic E-state index is 0.0355. The van der Waals surface area contributed by atoms with Gasteiger partial charge in [-0.15, -0.1) is 10.2 Å². The summed E-state index contributed by atoms with van der Waals surface area (Å²) < 4.78 is 20.0. The number of anilines is 2. The molecule has 0 aliphatic heterocycles. The van der Waals surface area contributed by atoms with Crippen LogP contribution in [0.25, 0.3) is 11.1 Å². The molecule has 11 heteroatoms. The van der Waals surface area contributed by atoms with Gasteiger partial charge in [-0.1, -0.05) is 35.1 Å². The van der Waals surface area contributed by atoms with E-state index in [0.29, 0.717) is 22.0 Å². The number of amides is 2. The quantitative estimate of drug-likeness (QED) is 0.378. The van der Waals surface area contributed by atoms with Gasteiger partial charge < -0.3 is 10.1 Å². The Hall–Kier alpha value is -3.89. The maximum Gasteiger partial charge on any atom is 0.286 e. The van der Waals surface area contributed by atoms with Crippen molar-refractivity contribution >= 4 is 45.6 Å². The van der Waals surface area contributed by atoms with Crippen molar-refractivity contribution in [3.63, 3.8) is 0 Å². The number of aryl methyl sites for hydroxylation is 1. The largest absolute Gasteiger partial charge is 0.496 e. The third-order valence-corrected chi connectivity index (χ3v) is 5.74. The van der Waals surface area contributed by atoms with Gasteiger partial charge in [0.15, 0.2) is 0 Å². The van der Waals surface area contributed by atoms with Crippen LogP contribution >= 0.6 is 22.9 Å². The van der Waals surface area contributed by atoms with Crippen LogP contribution in [-0.2, 0) is 0 Å². The fourth-order valence-corrected chi connectivity index (χ4v) is 3.99. The molecule has 0 saturated carbocycles. The molecule has 0 aliphatic carbocycles. The third-order valence-electron chi connectivity index (χ3n) is 4.67. The molecule has 4 aromatic rings. The summed E-state index contributed by atoms with van der Waals surface area (Å²) in [6, 6.07) is 12.6. The zero-order valence-electron chi connectivity index (χ0n) is 17.9. The Morgan fingerprint density at radius 1 is 1.06 bits per heavy atom. The fourth-order valence-electron chi connectivity index (χ4n) is 3.16. The van der Waals surface area contributed by atoms with Gasteiger partial charge in [-0.25, -0.2) is 4.39 Å². The van der Waals surface area contributed by atoms with Gasteiger partial charge in [-0.05, 0) is 43.3 Å². The maximum absolute atomic E-state index is 14.7. The van der Waals surface area contributed by atoms with Crippen LogP contribution in [0.3, 0.4) is 0 Å². The first-order valence-corrected chi connectivity index (χ1v) is 11.1. The van der Waals surface area contributed by atoms with Crippen molar-refractivity contribution in [3.8, 4) is 16.9 Å². The van der Waals surface area contributed by atoms with E-state index in [-0.39, 0.29) is 27.0 Å². The summed E-state index contributed by atoms with van der Waals surface area (Å²) in [5.41, 5.74) is 1.64. The highest BCUT2D eigenvalue weighted by atomic mass is 35.5. The van der Waals surface area contributed by atoms with Crippen molar-refractivity contribution in [1.29, 1.82) is 0 Å². The van der Waals surface area contributed by atoms with Crippen molar-refractivity contribution < 1.29 is 18.7 Å². The van der Waals surface area contributed by atoms with Gasteiger partial charge in [0.1, 0.15) is 11.6 Å². The van der Waals surface area contributed by atoms with E-state index in [1.54, 1.807) is 43.3 Å². The van der Waals surface area contributed by atoms with E-state index in [1.807, 2.05) is 0 Å². The molecule has 0 fully saturated rings. The van der Waals surface area contributed by atoms with E-state index in [9.17, 15) is 14.0 Å². The van der Waals surface area contributed by atoms with Gasteiger partial charge in [0.2, 0.25) is 10.1 Å². The van der Waals surface area contributed by atoms with E-state index < -0.39 is 17.6 Å². The second-order valence-corrected chi connectivity index (χ2v) is 8.43. The van der Waals surface area contributed by atoms with Crippen LogP contribution in [0.1, 0.15) is 25.9 Å². The summed E-state index contributed by atoms with van der Waals surface area (Å²) >= 11 is 6.81. The third kappa shape index (κ3) is 5.03. The molecule has 2 aromatic carbocycles. The number of methoxy groups -OCH3 is 1. The van der Waals surface area contributed by atoms with E-state index in [2.05, 4.69) is 25.8 Å². The van der Waals surface area contributed by atoms with Crippen molar-refractivity contribution in [3.05, 3.63) is 81.8 Å². The van der Waals surface area contributed by atoms with E-state index >= 15 is 0 Å². The van der Waals surface area contributed by atoms with Crippen LogP contribution in [0.2, 0.25) is 5.02 Å². The molecule has 0 bridgehead atoms. The Morgan fingerprint density at radius 2 is 1.85 bits per heavy atom. The molecule has 0 atom stereocenters. The second kappa shape index (κ2) is 9.94. The van der Waals surface area contributed by atoms with Gasteiger partial charge in [-0.3, -0.25) is 19.9 Å². The number of nitrogens with zero attached hydrogens (tertiary/aromatic N) is 3. The average molecular weight is 498 g/mol. The molecule has 34 heavy (non-hydrogen) atoms. The van der Waals surface area contributed by atoms with Gasteiger partial charge in [0.25, 0.3) is 11.8 Å². The number of ether oxygens (including phenoxy) is 1. The molecule has 0 unspecified atom stereocenters. The highest BCUT2D eigenvalue weighted by Gasteiger charge is 2.22. The standard InChI is InChI=1S/C23H17ClFN5O3S/c1-12-9-15(19-17(25)7-4-8-18(19)33-2)16(11-26-12)20(31)28-23-30-29-22(34-23)21(32)27-14-6-3-5-13(24)10-14/h3-11H,1-2H3,(H,27,32)(H,28,30,31). The lowest BCUT2D eigenvalue weighted by atomic mass is 9.98. The van der Waals surface area contributed by atoms with Crippen molar-refractivity contribution in [2.75, 3.05) is 17.7 Å². The molecule has 2 amide bonds. The van der Waals surface area contributed by atoms with Gasteiger partial charge in [0.05, 0.1) is 18.2 Å². The number of hydrogen-bond acceptors (Lipinski definition) is 7. The summed E-state index contributed by atoms with van der Waals surface area (Å²) in [5, 5.41) is 13.5. The number of halogens is 2. The Kier molecular flexibility index (Phi) is 6.80. The lowest BCUT2D eigenvalue weighted by Gasteiger charge is -2.14. The second-order valence-electron chi connectivity index (χ2n) is 7.02. The van der Waals surface area contributed by atoms with E-state index in [1.165, 1.54) is 25.4 Å². The molecule has 0 radical (unpaired) electrons. The zero-order valence-corrected chi connectivity index (χ0v) is 19.5. The maximum atomic E-state index is 14.7. The minimum Gasteiger partial charge on any atom is -0.496 e. The Labute approximate surface area is 202 Å². The fraction of sp³-hybridized carbons (Fsp3) is 0.0870. The molecule has 0 aliphatic rings. The number of aromatic nitrogens is 3. The number of carbonyl (C=O) groups is 2. The summed E-state index contributed by atoms with van der Waals surface area (Å²) in [6.07, 6.45) is 1.35. The molecule has 0 saturated heterocycles. The van der Waals surface area contributed by atoms with Crippen molar-refractivity contribution in [1.82, 2.24) is 15.2 Å². The van der Waals surface area contributed by atoms with Crippen LogP contribution in [0, 0.1) is 12.7 Å². The number of benzene rings is 2. The molecule has 2 heterocycles. The van der Waals surface area contributed by atoms with Gasteiger partial charge >= 0.3 is 0 Å². The predicted octanol–water partition coefficient (Wildman–Crippen LogP) is 5.21. The van der Waals surface area contributed by atoms with Crippen LogP contribution in [0.5, 0.6) is 5.75 Å². The Bertz CT molecular complexity index is 1390. The van der Waals surface area contributed by atoms with Crippen LogP contribution in [0.15, 0.2) is 54.7 Å². The molecule has 2 N–H and O–H groups in total. The van der Waals surface area contributed by atoms with Crippen LogP contribution in [0.4, 0.5) is 15.2 Å². The SMILES string of the molecule is COc1cccc(F)c1-c1cc(C)ncc1C(=O)Nc1nnc(C(=O)Nc2cccc(Cl)c2)s1. The molecule has 4 rings (SSSR count). The smallest absolute Gasteiger partial charge is 0.286 e. The normalized spacial score (nSPS) is 10.6. The average Bonchev–Trinajstić information content (AvgIpc) is 3.27. The molecule has 2 aromatic heterocycles. The van der Waals surface area contributed by atoms with Crippen LogP contribution in [-0.4, -0.2) is 34.1 Å². The lowest BCUT2D eigenvalue weighted by molar-refractivity contribution is 0.101. The Morgan fingerprint density at radius 3 is 2.62 bits per heavy atom. The molecular weight excluding hydrogens is 481 g/mol. The summed E-state index contributed by atoms with van der Waals surface area (Å²) in [4.78, 5) is 29.7. The zero-order chi connectivity index (χ0) is 24.2. The summed E-state index contributed by atoms with van der Waals surface area (Å²) in [5.74, 6) is -1.37. The van der Waals surface area contributed by atoms with E-state index in [0.717, 1.165) is 11.3 Å². The monoisotopic (exact) mass is 497 g/mol. The molecular formula is C23H17ClFN5O3S. The van der Waals surface area contributed by atoms with Gasteiger partial charge in [-0.2, -0.15) is 0 Å². The number of nitrogens with one attached hydrogen (secondary N) is 2. The number of rotatable bonds is 6. The first kappa shape index (κ1) is 23.3. The minimum atomic E-state index is -0.592. The molecule has 0 spiro atoms. The molecule has 8 nitrogen and oxygen atoms in total. The summed E-state index contributed by atoms with van der Waals surface area (Å²) in [7, 11) is 1.42. The molecule has 172 valence electrons. The van der Waals surface area contributed by atoms with Crippen molar-refractivity contribution in [2.24, 2.45) is 0 Å².